The molecule has 1 aliphatic heterocycles. The van der Waals surface area contributed by atoms with Gasteiger partial charge in [0.25, 0.3) is 0 Å². The lowest BCUT2D eigenvalue weighted by Gasteiger charge is -2.27. The normalized spacial score (nSPS) is 21.0. The van der Waals surface area contributed by atoms with E-state index in [1.807, 2.05) is 6.92 Å². The van der Waals surface area contributed by atoms with Crippen LogP contribution in [0.15, 0.2) is 18.2 Å². The smallest absolute Gasteiger partial charge is 0.337 e. The van der Waals surface area contributed by atoms with Crippen LogP contribution in [0.4, 0.5) is 10.5 Å². The summed E-state index contributed by atoms with van der Waals surface area (Å²) in [7, 11) is 1.64. The number of rotatable bonds is 3. The molecule has 7 heteroatoms. The highest BCUT2D eigenvalue weighted by Gasteiger charge is 2.31. The number of carboxylic acid groups (broad SMARTS) is 1. The average molecular weight is 294 g/mol. The first-order valence-electron chi connectivity index (χ1n) is 6.62. The molecule has 2 rings (SSSR count). The van der Waals surface area contributed by atoms with Crippen LogP contribution in [-0.4, -0.2) is 52.9 Å². The molecule has 1 aliphatic rings. The van der Waals surface area contributed by atoms with Crippen LogP contribution in [0.1, 0.15) is 23.7 Å². The van der Waals surface area contributed by atoms with Crippen LogP contribution < -0.4 is 5.32 Å². The van der Waals surface area contributed by atoms with Crippen LogP contribution in [0.5, 0.6) is 5.75 Å². The number of nitrogens with one attached hydrogen (secondary N) is 1. The predicted octanol–water partition coefficient (Wildman–Crippen LogP) is 1.73. The highest BCUT2D eigenvalue weighted by molar-refractivity contribution is 6.00. The molecule has 1 aromatic rings. The van der Waals surface area contributed by atoms with Crippen molar-refractivity contribution in [3.63, 3.8) is 0 Å². The van der Waals surface area contributed by atoms with Crippen molar-refractivity contribution in [1.82, 2.24) is 4.90 Å². The van der Waals surface area contributed by atoms with Gasteiger partial charge in [-0.05, 0) is 31.5 Å². The van der Waals surface area contributed by atoms with Gasteiger partial charge < -0.3 is 25.2 Å². The number of hydrogen-bond donors (Lipinski definition) is 3. The monoisotopic (exact) mass is 294 g/mol. The molecule has 3 N–H and O–H groups in total. The molecular formula is C14H18N2O5. The van der Waals surface area contributed by atoms with Gasteiger partial charge in [0.05, 0.1) is 23.4 Å². The minimum Gasteiger partial charge on any atom is -0.508 e. The SMILES string of the molecule is CC1OCCC1N(C)C(=O)Nc1ccc(O)cc1C(=O)O. The first-order valence-corrected chi connectivity index (χ1v) is 6.62. The lowest BCUT2D eigenvalue weighted by molar-refractivity contribution is 0.0697. The number of phenols is 1. The summed E-state index contributed by atoms with van der Waals surface area (Å²) in [5.74, 6) is -1.39. The van der Waals surface area contributed by atoms with Gasteiger partial charge in [0.2, 0.25) is 0 Å². The molecule has 0 bridgehead atoms. The Morgan fingerprint density at radius 3 is 2.71 bits per heavy atom. The Hall–Kier alpha value is -2.28. The number of amides is 2. The standard InChI is InChI=1S/C14H18N2O5/c1-8-12(5-6-21-8)16(2)14(20)15-11-4-3-9(17)7-10(11)13(18)19/h3-4,7-8,12,17H,5-6H2,1-2H3,(H,15,20)(H,18,19). The van der Waals surface area contributed by atoms with Crippen molar-refractivity contribution in [2.24, 2.45) is 0 Å². The summed E-state index contributed by atoms with van der Waals surface area (Å²) in [5, 5.41) is 21.0. The zero-order valence-corrected chi connectivity index (χ0v) is 11.9. The summed E-state index contributed by atoms with van der Waals surface area (Å²) in [4.78, 5) is 24.9. The van der Waals surface area contributed by atoms with Crippen molar-refractivity contribution in [3.05, 3.63) is 23.8 Å². The van der Waals surface area contributed by atoms with E-state index in [4.69, 9.17) is 9.84 Å². The Morgan fingerprint density at radius 1 is 1.43 bits per heavy atom. The Kier molecular flexibility index (Phi) is 4.32. The third-order valence-corrected chi connectivity index (χ3v) is 3.63. The summed E-state index contributed by atoms with van der Waals surface area (Å²) in [6, 6.07) is 3.32. The second-order valence-corrected chi connectivity index (χ2v) is 5.01. The number of carboxylic acids is 1. The minimum absolute atomic E-state index is 0.0459. The Morgan fingerprint density at radius 2 is 2.14 bits per heavy atom. The Bertz CT molecular complexity index is 560. The molecule has 114 valence electrons. The van der Waals surface area contributed by atoms with Crippen LogP contribution in [0, 0.1) is 0 Å². The maximum atomic E-state index is 12.2. The molecule has 0 saturated carbocycles. The quantitative estimate of drug-likeness (QED) is 0.737. The van der Waals surface area contributed by atoms with Crippen LogP contribution in [0.3, 0.4) is 0 Å². The lowest BCUT2D eigenvalue weighted by Crippen LogP contribution is -2.43. The predicted molar refractivity (Wildman–Crippen MR) is 75.7 cm³/mol. The van der Waals surface area contributed by atoms with Crippen molar-refractivity contribution in [1.29, 1.82) is 0 Å². The molecule has 2 atom stereocenters. The highest BCUT2D eigenvalue weighted by atomic mass is 16.5. The fraction of sp³-hybridized carbons (Fsp3) is 0.429. The molecule has 0 radical (unpaired) electrons. The molecule has 7 nitrogen and oxygen atoms in total. The number of aromatic hydroxyl groups is 1. The lowest BCUT2D eigenvalue weighted by atomic mass is 10.1. The number of phenolic OH excluding ortho intramolecular Hbond substituents is 1. The van der Waals surface area contributed by atoms with E-state index in [1.165, 1.54) is 17.0 Å². The first-order chi connectivity index (χ1) is 9.90. The Labute approximate surface area is 122 Å². The number of hydrogen-bond acceptors (Lipinski definition) is 4. The number of carbonyl (C=O) groups is 2. The van der Waals surface area contributed by atoms with E-state index in [0.717, 1.165) is 12.5 Å². The van der Waals surface area contributed by atoms with E-state index in [-0.39, 0.29) is 29.1 Å². The van der Waals surface area contributed by atoms with Crippen LogP contribution in [-0.2, 0) is 4.74 Å². The first kappa shape index (κ1) is 15.1. The fourth-order valence-electron chi connectivity index (χ4n) is 2.40. The minimum atomic E-state index is -1.22. The summed E-state index contributed by atoms with van der Waals surface area (Å²) < 4.78 is 5.42. The molecule has 2 amide bonds. The molecule has 1 aromatic carbocycles. The number of nitrogens with zero attached hydrogens (tertiary/aromatic N) is 1. The molecule has 1 heterocycles. The zero-order chi connectivity index (χ0) is 15.6. The molecule has 0 aliphatic carbocycles. The second kappa shape index (κ2) is 6.01. The van der Waals surface area contributed by atoms with Gasteiger partial charge in [0.1, 0.15) is 5.75 Å². The zero-order valence-electron chi connectivity index (χ0n) is 11.9. The molecular weight excluding hydrogens is 276 g/mol. The third-order valence-electron chi connectivity index (χ3n) is 3.63. The van der Waals surface area contributed by atoms with Crippen LogP contribution in [0.25, 0.3) is 0 Å². The van der Waals surface area contributed by atoms with E-state index in [0.29, 0.717) is 6.61 Å². The second-order valence-electron chi connectivity index (χ2n) is 5.01. The molecule has 2 unspecified atom stereocenters. The highest BCUT2D eigenvalue weighted by Crippen LogP contribution is 2.23. The van der Waals surface area contributed by atoms with Gasteiger partial charge in [-0.3, -0.25) is 0 Å². The van der Waals surface area contributed by atoms with Crippen LogP contribution in [0.2, 0.25) is 0 Å². The number of anilines is 1. The van der Waals surface area contributed by atoms with Gasteiger partial charge in [-0.2, -0.15) is 0 Å². The van der Waals surface area contributed by atoms with Crippen molar-refractivity contribution in [2.45, 2.75) is 25.5 Å². The largest absolute Gasteiger partial charge is 0.508 e. The van der Waals surface area contributed by atoms with Crippen molar-refractivity contribution in [2.75, 3.05) is 19.0 Å². The molecule has 0 aromatic heterocycles. The third kappa shape index (κ3) is 3.25. The van der Waals surface area contributed by atoms with E-state index in [2.05, 4.69) is 5.32 Å². The summed E-state index contributed by atoms with van der Waals surface area (Å²) in [6.45, 7) is 2.49. The van der Waals surface area contributed by atoms with Gasteiger partial charge in [-0.15, -0.1) is 0 Å². The van der Waals surface area contributed by atoms with Crippen molar-refractivity contribution in [3.8, 4) is 5.75 Å². The van der Waals surface area contributed by atoms with E-state index in [9.17, 15) is 14.7 Å². The number of aromatic carboxylic acids is 1. The molecule has 0 spiro atoms. The maximum Gasteiger partial charge on any atom is 0.337 e. The fourth-order valence-corrected chi connectivity index (χ4v) is 2.40. The van der Waals surface area contributed by atoms with Gasteiger partial charge in [0, 0.05) is 13.7 Å². The van der Waals surface area contributed by atoms with E-state index < -0.39 is 12.0 Å². The number of ether oxygens (including phenoxy) is 1. The van der Waals surface area contributed by atoms with Crippen molar-refractivity contribution >= 4 is 17.7 Å². The average Bonchev–Trinajstić information content (AvgIpc) is 2.85. The van der Waals surface area contributed by atoms with Gasteiger partial charge >= 0.3 is 12.0 Å². The van der Waals surface area contributed by atoms with Crippen molar-refractivity contribution < 1.29 is 24.5 Å². The number of carbonyl (C=O) groups excluding carboxylic acids is 1. The maximum absolute atomic E-state index is 12.2. The van der Waals surface area contributed by atoms with Crippen LogP contribution >= 0.6 is 0 Å². The van der Waals surface area contributed by atoms with E-state index in [1.54, 1.807) is 7.05 Å². The van der Waals surface area contributed by atoms with E-state index >= 15 is 0 Å². The number of likely N-dealkylation sites (N-methyl/N-ethyl adjacent to an activating group) is 1. The topological polar surface area (TPSA) is 99.1 Å². The summed E-state index contributed by atoms with van der Waals surface area (Å²) in [5.41, 5.74) is -0.0174. The van der Waals surface area contributed by atoms with Gasteiger partial charge in [-0.25, -0.2) is 9.59 Å². The van der Waals surface area contributed by atoms with Gasteiger partial charge in [0.15, 0.2) is 0 Å². The Balaban J connectivity index is 2.14. The summed E-state index contributed by atoms with van der Waals surface area (Å²) >= 11 is 0. The molecule has 1 saturated heterocycles. The number of urea groups is 1. The molecule has 21 heavy (non-hydrogen) atoms. The van der Waals surface area contributed by atoms with Gasteiger partial charge in [-0.1, -0.05) is 0 Å². The summed E-state index contributed by atoms with van der Waals surface area (Å²) in [6.07, 6.45) is 0.687. The molecule has 1 fully saturated rings. The number of benzene rings is 1.